The van der Waals surface area contributed by atoms with Crippen molar-refractivity contribution in [1.29, 1.82) is 0 Å². The van der Waals surface area contributed by atoms with E-state index in [1.165, 1.54) is 16.7 Å². The molecule has 1 aliphatic rings. The number of pyridine rings is 1. The molecule has 5 rings (SSSR count). The molecule has 0 fully saturated rings. The largest absolute Gasteiger partial charge is 0.273 e. The topological polar surface area (TPSA) is 25.2 Å². The number of rotatable bonds is 2. The van der Waals surface area contributed by atoms with Crippen LogP contribution in [0.5, 0.6) is 0 Å². The summed E-state index contributed by atoms with van der Waals surface area (Å²) in [6.07, 6.45) is 2.85. The Morgan fingerprint density at radius 1 is 0.815 bits per heavy atom. The van der Waals surface area contributed by atoms with Crippen molar-refractivity contribution < 1.29 is 0 Å². The first-order valence-corrected chi connectivity index (χ1v) is 9.32. The number of benzene rings is 3. The monoisotopic (exact) mass is 348 g/mol. The molecular formula is C25H20N2. The van der Waals surface area contributed by atoms with E-state index in [4.69, 9.17) is 4.99 Å². The molecule has 27 heavy (non-hydrogen) atoms. The Labute approximate surface area is 159 Å². The zero-order chi connectivity index (χ0) is 18.3. The van der Waals surface area contributed by atoms with Crippen molar-refractivity contribution in [3.8, 4) is 0 Å². The third-order valence-electron chi connectivity index (χ3n) is 5.43. The van der Waals surface area contributed by atoms with Crippen molar-refractivity contribution in [3.63, 3.8) is 0 Å². The zero-order valence-electron chi connectivity index (χ0n) is 15.3. The normalized spacial score (nSPS) is 18.8. The van der Waals surface area contributed by atoms with Gasteiger partial charge in [0.25, 0.3) is 0 Å². The van der Waals surface area contributed by atoms with Gasteiger partial charge in [-0.2, -0.15) is 0 Å². The van der Waals surface area contributed by atoms with Crippen molar-refractivity contribution >= 4 is 16.6 Å². The third kappa shape index (κ3) is 2.74. The van der Waals surface area contributed by atoms with E-state index in [9.17, 15) is 0 Å². The standard InChI is InChI=1S/C25H20N2/c1-25(21-11-3-2-4-12-21)16-19-10-5-7-13-22(19)24(27-25)20-15-18-9-6-8-14-23(18)26-17-20/h2-15,17H,16H2,1H3. The van der Waals surface area contributed by atoms with Gasteiger partial charge in [-0.15, -0.1) is 0 Å². The first-order valence-electron chi connectivity index (χ1n) is 9.32. The van der Waals surface area contributed by atoms with E-state index in [0.29, 0.717) is 0 Å². The maximum atomic E-state index is 5.28. The lowest BCUT2D eigenvalue weighted by atomic mass is 9.80. The molecule has 0 radical (unpaired) electrons. The maximum absolute atomic E-state index is 5.28. The SMILES string of the molecule is CC1(c2ccccc2)Cc2ccccc2C(c2cnc3ccccc3c2)=N1. The molecule has 2 heteroatoms. The van der Waals surface area contributed by atoms with Crippen molar-refractivity contribution in [2.75, 3.05) is 0 Å². The summed E-state index contributed by atoms with van der Waals surface area (Å²) in [5.41, 5.74) is 6.62. The third-order valence-corrected chi connectivity index (χ3v) is 5.43. The van der Waals surface area contributed by atoms with Crippen molar-refractivity contribution in [3.05, 3.63) is 113 Å². The summed E-state index contributed by atoms with van der Waals surface area (Å²) in [7, 11) is 0. The van der Waals surface area contributed by atoms with Crippen molar-refractivity contribution in [2.24, 2.45) is 4.99 Å². The van der Waals surface area contributed by atoms with E-state index in [1.54, 1.807) is 0 Å². The van der Waals surface area contributed by atoms with Crippen molar-refractivity contribution in [2.45, 2.75) is 18.9 Å². The Morgan fingerprint density at radius 3 is 2.44 bits per heavy atom. The molecular weight excluding hydrogens is 328 g/mol. The highest BCUT2D eigenvalue weighted by Gasteiger charge is 2.32. The summed E-state index contributed by atoms with van der Waals surface area (Å²) in [4.78, 5) is 9.95. The van der Waals surface area contributed by atoms with Gasteiger partial charge in [0, 0.05) is 29.1 Å². The number of aromatic nitrogens is 1. The van der Waals surface area contributed by atoms with Gasteiger partial charge in [0.1, 0.15) is 0 Å². The van der Waals surface area contributed by atoms with Crippen LogP contribution >= 0.6 is 0 Å². The molecule has 1 unspecified atom stereocenters. The molecule has 0 bridgehead atoms. The molecule has 3 aromatic carbocycles. The number of hydrogen-bond donors (Lipinski definition) is 0. The Morgan fingerprint density at radius 2 is 1.56 bits per heavy atom. The molecule has 0 saturated carbocycles. The molecule has 0 amide bonds. The van der Waals surface area contributed by atoms with Gasteiger partial charge in [0.2, 0.25) is 0 Å². The molecule has 2 nitrogen and oxygen atoms in total. The summed E-state index contributed by atoms with van der Waals surface area (Å²) in [5.74, 6) is 0. The zero-order valence-corrected chi connectivity index (χ0v) is 15.3. The second-order valence-electron chi connectivity index (χ2n) is 7.35. The van der Waals surface area contributed by atoms with Gasteiger partial charge >= 0.3 is 0 Å². The molecule has 130 valence electrons. The summed E-state index contributed by atoms with van der Waals surface area (Å²) in [5, 5.41) is 1.14. The van der Waals surface area contributed by atoms with Crippen LogP contribution in [-0.4, -0.2) is 10.7 Å². The summed E-state index contributed by atoms with van der Waals surface area (Å²) in [6, 6.07) is 29.6. The second-order valence-corrected chi connectivity index (χ2v) is 7.35. The van der Waals surface area contributed by atoms with Gasteiger partial charge in [0.05, 0.1) is 16.8 Å². The van der Waals surface area contributed by atoms with Gasteiger partial charge < -0.3 is 0 Å². The van der Waals surface area contributed by atoms with Gasteiger partial charge in [-0.25, -0.2) is 0 Å². The molecule has 1 aromatic heterocycles. The minimum atomic E-state index is -0.281. The molecule has 0 aliphatic carbocycles. The van der Waals surface area contributed by atoms with Gasteiger partial charge in [-0.3, -0.25) is 9.98 Å². The number of nitrogens with zero attached hydrogens (tertiary/aromatic N) is 2. The fraction of sp³-hybridized carbons (Fsp3) is 0.120. The number of fused-ring (bicyclic) bond motifs is 2. The smallest absolute Gasteiger partial charge is 0.0876 e. The van der Waals surface area contributed by atoms with Crippen LogP contribution < -0.4 is 0 Å². The van der Waals surface area contributed by atoms with Crippen molar-refractivity contribution in [1.82, 2.24) is 4.98 Å². The highest BCUT2D eigenvalue weighted by Crippen LogP contribution is 2.37. The number of hydrogen-bond acceptors (Lipinski definition) is 2. The number of para-hydroxylation sites is 1. The Hall–Kier alpha value is -3.26. The average molecular weight is 348 g/mol. The second kappa shape index (κ2) is 6.17. The van der Waals surface area contributed by atoms with Crippen LogP contribution in [0.3, 0.4) is 0 Å². The molecule has 4 aromatic rings. The predicted octanol–water partition coefficient (Wildman–Crippen LogP) is 5.54. The highest BCUT2D eigenvalue weighted by molar-refractivity contribution is 6.15. The lowest BCUT2D eigenvalue weighted by molar-refractivity contribution is 0.488. The minimum absolute atomic E-state index is 0.281. The van der Waals surface area contributed by atoms with Crippen LogP contribution in [0.4, 0.5) is 0 Å². The Kier molecular flexibility index (Phi) is 3.64. The first-order chi connectivity index (χ1) is 13.2. The lowest BCUT2D eigenvalue weighted by Gasteiger charge is -2.33. The lowest BCUT2D eigenvalue weighted by Crippen LogP contribution is -2.30. The van der Waals surface area contributed by atoms with E-state index in [-0.39, 0.29) is 5.54 Å². The van der Waals surface area contributed by atoms with E-state index in [0.717, 1.165) is 28.6 Å². The van der Waals surface area contributed by atoms with Crippen LogP contribution in [0, 0.1) is 0 Å². The highest BCUT2D eigenvalue weighted by atomic mass is 14.9. The molecule has 1 aliphatic heterocycles. The van der Waals surface area contributed by atoms with Crippen LogP contribution in [-0.2, 0) is 12.0 Å². The molecule has 0 saturated heterocycles. The molecule has 2 heterocycles. The van der Waals surface area contributed by atoms with Gasteiger partial charge in [-0.1, -0.05) is 72.8 Å². The van der Waals surface area contributed by atoms with Gasteiger partial charge in [0.15, 0.2) is 0 Å². The van der Waals surface area contributed by atoms with Gasteiger partial charge in [-0.05, 0) is 30.2 Å². The van der Waals surface area contributed by atoms with E-state index >= 15 is 0 Å². The quantitative estimate of drug-likeness (QED) is 0.467. The van der Waals surface area contributed by atoms with Crippen LogP contribution in [0.15, 0.2) is 96.1 Å². The molecule has 0 spiro atoms. The first kappa shape index (κ1) is 16.0. The summed E-state index contributed by atoms with van der Waals surface area (Å²) < 4.78 is 0. The van der Waals surface area contributed by atoms with Crippen LogP contribution in [0.1, 0.15) is 29.2 Å². The predicted molar refractivity (Wildman–Crippen MR) is 111 cm³/mol. The minimum Gasteiger partial charge on any atom is -0.273 e. The fourth-order valence-corrected chi connectivity index (χ4v) is 4.01. The Bertz CT molecular complexity index is 1160. The maximum Gasteiger partial charge on any atom is 0.0876 e. The van der Waals surface area contributed by atoms with Crippen LogP contribution in [0.25, 0.3) is 10.9 Å². The average Bonchev–Trinajstić information content (AvgIpc) is 2.73. The van der Waals surface area contributed by atoms with E-state index < -0.39 is 0 Å². The number of aliphatic imine (C=N–C) groups is 1. The molecule has 1 atom stereocenters. The summed E-state index contributed by atoms with van der Waals surface area (Å²) in [6.45, 7) is 2.23. The Balaban J connectivity index is 1.73. The summed E-state index contributed by atoms with van der Waals surface area (Å²) >= 11 is 0. The molecule has 0 N–H and O–H groups in total. The van der Waals surface area contributed by atoms with E-state index in [1.807, 2.05) is 18.3 Å². The van der Waals surface area contributed by atoms with E-state index in [2.05, 4.69) is 84.7 Å². The fourth-order valence-electron chi connectivity index (χ4n) is 4.01. The van der Waals surface area contributed by atoms with Crippen LogP contribution in [0.2, 0.25) is 0 Å².